The van der Waals surface area contributed by atoms with Crippen molar-refractivity contribution in [3.8, 4) is 0 Å². The zero-order valence-electron chi connectivity index (χ0n) is 12.9. The predicted molar refractivity (Wildman–Crippen MR) is 84.8 cm³/mol. The zero-order valence-corrected chi connectivity index (χ0v) is 12.9. The van der Waals surface area contributed by atoms with Crippen LogP contribution >= 0.6 is 0 Å². The van der Waals surface area contributed by atoms with Crippen LogP contribution in [0.15, 0.2) is 30.4 Å². The smallest absolute Gasteiger partial charge is 0.338 e. The summed E-state index contributed by atoms with van der Waals surface area (Å²) in [5.74, 6) is -1.07. The van der Waals surface area contributed by atoms with Gasteiger partial charge in [0.2, 0.25) is 11.8 Å². The third kappa shape index (κ3) is 6.21. The summed E-state index contributed by atoms with van der Waals surface area (Å²) < 4.78 is 5.10. The van der Waals surface area contributed by atoms with Gasteiger partial charge < -0.3 is 15.4 Å². The molecular formula is C16H20N2O4. The number of nitrogens with one attached hydrogen (secondary N) is 2. The van der Waals surface area contributed by atoms with Gasteiger partial charge in [0, 0.05) is 25.2 Å². The maximum absolute atomic E-state index is 12.0. The van der Waals surface area contributed by atoms with E-state index < -0.39 is 5.97 Å². The van der Waals surface area contributed by atoms with E-state index in [-0.39, 0.29) is 24.0 Å². The van der Waals surface area contributed by atoms with Crippen LogP contribution < -0.4 is 10.6 Å². The molecule has 2 N–H and O–H groups in total. The van der Waals surface area contributed by atoms with Crippen molar-refractivity contribution < 1.29 is 19.1 Å². The van der Waals surface area contributed by atoms with Crippen LogP contribution in [0.1, 0.15) is 37.6 Å². The second-order valence-electron chi connectivity index (χ2n) is 4.64. The molecule has 1 aromatic rings. The summed E-state index contributed by atoms with van der Waals surface area (Å²) in [5, 5.41) is 5.16. The van der Waals surface area contributed by atoms with Crippen molar-refractivity contribution in [2.24, 2.45) is 0 Å². The number of benzene rings is 1. The van der Waals surface area contributed by atoms with Crippen LogP contribution in [0.25, 0.3) is 0 Å². The maximum Gasteiger partial charge on any atom is 0.338 e. The molecule has 0 saturated heterocycles. The van der Waals surface area contributed by atoms with Gasteiger partial charge >= 0.3 is 5.97 Å². The van der Waals surface area contributed by atoms with E-state index in [4.69, 9.17) is 4.74 Å². The van der Waals surface area contributed by atoms with Crippen molar-refractivity contribution in [1.82, 2.24) is 0 Å². The second-order valence-corrected chi connectivity index (χ2v) is 4.64. The number of ether oxygens (including phenoxy) is 1. The molecule has 0 unspecified atom stereocenters. The summed E-state index contributed by atoms with van der Waals surface area (Å²) in [7, 11) is 0. The van der Waals surface area contributed by atoms with Crippen LogP contribution in [0.3, 0.4) is 0 Å². The Morgan fingerprint density at radius 1 is 1.00 bits per heavy atom. The Morgan fingerprint density at radius 2 is 1.55 bits per heavy atom. The molecule has 1 rings (SSSR count). The second kappa shape index (κ2) is 8.61. The van der Waals surface area contributed by atoms with E-state index in [1.165, 1.54) is 26.0 Å². The lowest BCUT2D eigenvalue weighted by Crippen LogP contribution is -2.12. The van der Waals surface area contributed by atoms with Crippen LogP contribution in [-0.2, 0) is 14.3 Å². The number of carbonyl (C=O) groups is 3. The van der Waals surface area contributed by atoms with Crippen molar-refractivity contribution in [2.75, 3.05) is 17.2 Å². The molecule has 0 spiro atoms. The Hall–Kier alpha value is -2.63. The third-order valence-corrected chi connectivity index (χ3v) is 2.52. The van der Waals surface area contributed by atoms with Crippen LogP contribution in [0.5, 0.6) is 0 Å². The summed E-state index contributed by atoms with van der Waals surface area (Å²) in [6.45, 7) is 4.87. The summed E-state index contributed by atoms with van der Waals surface area (Å²) in [6.07, 6.45) is 4.51. The summed E-state index contributed by atoms with van der Waals surface area (Å²) in [5.41, 5.74) is 1.07. The summed E-state index contributed by atoms with van der Waals surface area (Å²) in [4.78, 5) is 34.3. The number of hydrogen-bond donors (Lipinski definition) is 2. The van der Waals surface area contributed by atoms with Gasteiger partial charge in [-0.15, -0.1) is 0 Å². The fourth-order valence-electron chi connectivity index (χ4n) is 1.74. The number of rotatable bonds is 6. The highest BCUT2D eigenvalue weighted by Gasteiger charge is 2.11. The summed E-state index contributed by atoms with van der Waals surface area (Å²) in [6, 6.07) is 4.56. The standard InChI is InChI=1S/C16H20N2O4/c1-4-5-6-7-22-16(21)13-8-14(17-11(2)19)10-15(9-13)18-12(3)20/h5-6,8-10H,4,7H2,1-3H3,(H,17,19)(H,18,20). The first-order valence-electron chi connectivity index (χ1n) is 6.94. The molecule has 6 heteroatoms. The molecule has 0 aliphatic carbocycles. The van der Waals surface area contributed by atoms with Crippen molar-refractivity contribution in [1.29, 1.82) is 0 Å². The number of carbonyl (C=O) groups excluding carboxylic acids is 3. The molecule has 0 aliphatic rings. The minimum Gasteiger partial charge on any atom is -0.458 e. The largest absolute Gasteiger partial charge is 0.458 e. The highest BCUT2D eigenvalue weighted by Crippen LogP contribution is 2.20. The van der Waals surface area contributed by atoms with Gasteiger partial charge in [-0.1, -0.05) is 19.1 Å². The van der Waals surface area contributed by atoms with Crippen molar-refractivity contribution >= 4 is 29.2 Å². The highest BCUT2D eigenvalue weighted by atomic mass is 16.5. The molecule has 0 radical (unpaired) electrons. The average Bonchev–Trinajstić information content (AvgIpc) is 2.41. The Balaban J connectivity index is 2.95. The van der Waals surface area contributed by atoms with Crippen molar-refractivity contribution in [3.63, 3.8) is 0 Å². The molecule has 1 aromatic carbocycles. The molecule has 0 fully saturated rings. The highest BCUT2D eigenvalue weighted by molar-refractivity contribution is 5.97. The minimum absolute atomic E-state index is 0.173. The van der Waals surface area contributed by atoms with E-state index in [9.17, 15) is 14.4 Å². The molecule has 22 heavy (non-hydrogen) atoms. The molecule has 6 nitrogen and oxygen atoms in total. The number of allylic oxidation sites excluding steroid dienone is 1. The Kier molecular flexibility index (Phi) is 6.82. The Labute approximate surface area is 129 Å². The van der Waals surface area contributed by atoms with E-state index in [1.807, 2.05) is 13.0 Å². The first-order valence-corrected chi connectivity index (χ1v) is 6.94. The fraction of sp³-hybridized carbons (Fsp3) is 0.312. The zero-order chi connectivity index (χ0) is 16.5. The van der Waals surface area contributed by atoms with Gasteiger partial charge in [0.25, 0.3) is 0 Å². The monoisotopic (exact) mass is 304 g/mol. The molecule has 0 atom stereocenters. The van der Waals surface area contributed by atoms with Crippen LogP contribution in [0.4, 0.5) is 11.4 Å². The summed E-state index contributed by atoms with van der Waals surface area (Å²) >= 11 is 0. The first-order chi connectivity index (χ1) is 10.4. The molecule has 2 amide bonds. The Morgan fingerprint density at radius 3 is 2.00 bits per heavy atom. The first kappa shape index (κ1) is 17.4. The van der Waals surface area contributed by atoms with Crippen LogP contribution in [0.2, 0.25) is 0 Å². The number of esters is 1. The number of hydrogen-bond acceptors (Lipinski definition) is 4. The SMILES string of the molecule is CCC=CCOC(=O)c1cc(NC(C)=O)cc(NC(C)=O)c1. The van der Waals surface area contributed by atoms with Crippen molar-refractivity contribution in [3.05, 3.63) is 35.9 Å². The van der Waals surface area contributed by atoms with Crippen LogP contribution in [0, 0.1) is 0 Å². The minimum atomic E-state index is -0.528. The number of anilines is 2. The molecule has 0 bridgehead atoms. The lowest BCUT2D eigenvalue weighted by molar-refractivity contribution is -0.115. The molecule has 0 aliphatic heterocycles. The molecule has 0 aromatic heterocycles. The van der Waals surface area contributed by atoms with Gasteiger partial charge in [0.15, 0.2) is 0 Å². The quantitative estimate of drug-likeness (QED) is 0.625. The predicted octanol–water partition coefficient (Wildman–Crippen LogP) is 2.73. The fourth-order valence-corrected chi connectivity index (χ4v) is 1.74. The van der Waals surface area contributed by atoms with Gasteiger partial charge in [-0.3, -0.25) is 9.59 Å². The van der Waals surface area contributed by atoms with Crippen molar-refractivity contribution in [2.45, 2.75) is 27.2 Å². The average molecular weight is 304 g/mol. The van der Waals surface area contributed by atoms with Gasteiger partial charge in [-0.25, -0.2) is 4.79 Å². The Bertz CT molecular complexity index is 560. The van der Waals surface area contributed by atoms with Crippen LogP contribution in [-0.4, -0.2) is 24.4 Å². The van der Waals surface area contributed by atoms with E-state index in [2.05, 4.69) is 10.6 Å². The lowest BCUT2D eigenvalue weighted by atomic mass is 10.1. The van der Waals surface area contributed by atoms with Gasteiger partial charge in [0.05, 0.1) is 5.56 Å². The van der Waals surface area contributed by atoms with E-state index in [0.717, 1.165) is 6.42 Å². The molecule has 0 saturated carbocycles. The topological polar surface area (TPSA) is 84.5 Å². The normalized spacial score (nSPS) is 10.3. The molecule has 118 valence electrons. The van der Waals surface area contributed by atoms with E-state index in [1.54, 1.807) is 12.1 Å². The number of amides is 2. The molecular weight excluding hydrogens is 284 g/mol. The van der Waals surface area contributed by atoms with E-state index >= 15 is 0 Å². The van der Waals surface area contributed by atoms with E-state index in [0.29, 0.717) is 11.4 Å². The lowest BCUT2D eigenvalue weighted by Gasteiger charge is -2.10. The van der Waals surface area contributed by atoms with Gasteiger partial charge in [-0.05, 0) is 24.6 Å². The van der Waals surface area contributed by atoms with Gasteiger partial charge in [-0.2, -0.15) is 0 Å². The molecule has 0 heterocycles. The van der Waals surface area contributed by atoms with Gasteiger partial charge in [0.1, 0.15) is 6.61 Å². The third-order valence-electron chi connectivity index (χ3n) is 2.52. The maximum atomic E-state index is 12.0.